The fourth-order valence-corrected chi connectivity index (χ4v) is 5.07. The molecule has 1 aliphatic carbocycles. The maximum atomic E-state index is 10.3. The summed E-state index contributed by atoms with van der Waals surface area (Å²) in [5.74, 6) is -1.31. The molecule has 250 valence electrons. The summed E-state index contributed by atoms with van der Waals surface area (Å²) in [6.45, 7) is 4.49. The Morgan fingerprint density at radius 2 is 0.707 bits per heavy atom. The Hall–Kier alpha value is -0.452. The Kier molecular flexibility index (Phi) is 41.2. The Balaban J connectivity index is -0.000000548. The summed E-state index contributed by atoms with van der Waals surface area (Å²) in [4.78, 5) is 20.5. The molecule has 7 heteroatoms. The van der Waals surface area contributed by atoms with Crippen LogP contribution in [0.15, 0.2) is 0 Å². The molecule has 0 amide bonds. The first-order chi connectivity index (χ1) is 19.3. The molecule has 0 radical (unpaired) electrons. The first-order valence-electron chi connectivity index (χ1n) is 17.3. The fourth-order valence-electron chi connectivity index (χ4n) is 5.07. The monoisotopic (exact) mass is 765 g/mol. The Morgan fingerprint density at radius 3 is 0.902 bits per heavy atom. The summed E-state index contributed by atoms with van der Waals surface area (Å²) in [7, 11) is 0. The number of unbranched alkanes of at least 4 members (excludes halogenated alkanes) is 20. The number of hydrogen-bond donors (Lipinski definition) is 4. The quantitative estimate of drug-likeness (QED) is 0.0725. The SMILES string of the molecule is CCCCCCCCCCCCCC(=O)O.CCCCCCCCCCCCCC(=O)O.N[C@@H]1CCCC[C@@H]1N.[Pt]. The average Bonchev–Trinajstić information content (AvgIpc) is 2.92. The summed E-state index contributed by atoms with van der Waals surface area (Å²) in [6.07, 6.45) is 33.5. The van der Waals surface area contributed by atoms with Gasteiger partial charge in [-0.25, -0.2) is 0 Å². The topological polar surface area (TPSA) is 127 Å². The van der Waals surface area contributed by atoms with E-state index in [1.807, 2.05) is 0 Å². The van der Waals surface area contributed by atoms with Crippen molar-refractivity contribution in [3.8, 4) is 0 Å². The van der Waals surface area contributed by atoms with Crippen molar-refractivity contribution in [3.63, 3.8) is 0 Å². The molecule has 0 unspecified atom stereocenters. The third-order valence-corrected chi connectivity index (χ3v) is 7.86. The van der Waals surface area contributed by atoms with Crippen molar-refractivity contribution < 1.29 is 40.9 Å². The Morgan fingerprint density at radius 1 is 0.488 bits per heavy atom. The number of rotatable bonds is 24. The molecule has 0 spiro atoms. The number of hydrogen-bond acceptors (Lipinski definition) is 4. The molecule has 0 aromatic carbocycles. The van der Waals surface area contributed by atoms with E-state index < -0.39 is 11.9 Å². The predicted octanol–water partition coefficient (Wildman–Crippen LogP) is 9.76. The molecule has 0 bridgehead atoms. The fraction of sp³-hybridized carbons (Fsp3) is 0.941. The molecule has 1 saturated carbocycles. The molecule has 6 nitrogen and oxygen atoms in total. The van der Waals surface area contributed by atoms with E-state index in [1.54, 1.807) is 0 Å². The van der Waals surface area contributed by atoms with E-state index in [9.17, 15) is 9.59 Å². The van der Waals surface area contributed by atoms with Crippen molar-refractivity contribution in [2.24, 2.45) is 11.5 Å². The van der Waals surface area contributed by atoms with E-state index in [0.717, 1.165) is 38.5 Å². The molecule has 1 rings (SSSR count). The molecular formula is C34H70N2O4Pt. The van der Waals surface area contributed by atoms with Crippen LogP contribution in [-0.4, -0.2) is 34.2 Å². The van der Waals surface area contributed by atoms with Crippen LogP contribution in [0, 0.1) is 0 Å². The van der Waals surface area contributed by atoms with Gasteiger partial charge < -0.3 is 21.7 Å². The first-order valence-corrected chi connectivity index (χ1v) is 17.3. The van der Waals surface area contributed by atoms with E-state index in [-0.39, 0.29) is 33.1 Å². The second-order valence-corrected chi connectivity index (χ2v) is 12.0. The van der Waals surface area contributed by atoms with Crippen LogP contribution in [0.1, 0.15) is 194 Å². The average molecular weight is 766 g/mol. The van der Waals surface area contributed by atoms with Gasteiger partial charge >= 0.3 is 11.9 Å². The third-order valence-electron chi connectivity index (χ3n) is 7.86. The van der Waals surface area contributed by atoms with Gasteiger partial charge in [-0.15, -0.1) is 0 Å². The van der Waals surface area contributed by atoms with E-state index >= 15 is 0 Å². The molecule has 2 atom stereocenters. The summed E-state index contributed by atoms with van der Waals surface area (Å²) in [5.41, 5.74) is 11.3. The zero-order chi connectivity index (χ0) is 30.1. The van der Waals surface area contributed by atoms with E-state index in [1.165, 1.54) is 128 Å². The number of carboxylic acids is 2. The minimum atomic E-state index is -0.657. The van der Waals surface area contributed by atoms with E-state index in [2.05, 4.69) is 13.8 Å². The molecule has 0 heterocycles. The van der Waals surface area contributed by atoms with Crippen molar-refractivity contribution in [3.05, 3.63) is 0 Å². The maximum absolute atomic E-state index is 10.3. The van der Waals surface area contributed by atoms with E-state index in [0.29, 0.717) is 12.8 Å². The van der Waals surface area contributed by atoms with Crippen LogP contribution in [-0.2, 0) is 30.7 Å². The van der Waals surface area contributed by atoms with Crippen molar-refractivity contribution in [1.29, 1.82) is 0 Å². The van der Waals surface area contributed by atoms with Gasteiger partial charge in [0.25, 0.3) is 0 Å². The molecular weight excluding hydrogens is 695 g/mol. The van der Waals surface area contributed by atoms with E-state index in [4.69, 9.17) is 21.7 Å². The molecule has 41 heavy (non-hydrogen) atoms. The Bertz CT molecular complexity index is 491. The molecule has 6 N–H and O–H groups in total. The summed E-state index contributed by atoms with van der Waals surface area (Å²) >= 11 is 0. The van der Waals surface area contributed by atoms with Crippen LogP contribution in [0.25, 0.3) is 0 Å². The minimum absolute atomic E-state index is 0. The zero-order valence-corrected chi connectivity index (χ0v) is 29.4. The van der Waals surface area contributed by atoms with Crippen molar-refractivity contribution in [2.45, 2.75) is 206 Å². The summed E-state index contributed by atoms with van der Waals surface area (Å²) in [6, 6.07) is 0.562. The van der Waals surface area contributed by atoms with Crippen LogP contribution < -0.4 is 11.5 Å². The second-order valence-electron chi connectivity index (χ2n) is 12.0. The first kappa shape index (κ1) is 45.0. The molecule has 0 aromatic rings. The molecule has 1 fully saturated rings. The van der Waals surface area contributed by atoms with Crippen LogP contribution >= 0.6 is 0 Å². The van der Waals surface area contributed by atoms with Gasteiger partial charge in [0, 0.05) is 46.0 Å². The van der Waals surface area contributed by atoms with Gasteiger partial charge in [0.15, 0.2) is 0 Å². The van der Waals surface area contributed by atoms with Crippen molar-refractivity contribution >= 4 is 11.9 Å². The smallest absolute Gasteiger partial charge is 0.303 e. The van der Waals surface area contributed by atoms with Gasteiger partial charge in [-0.3, -0.25) is 9.59 Å². The largest absolute Gasteiger partial charge is 0.481 e. The summed E-state index contributed by atoms with van der Waals surface area (Å²) in [5, 5.41) is 16.9. The van der Waals surface area contributed by atoms with Crippen molar-refractivity contribution in [2.75, 3.05) is 0 Å². The number of carboxylic acid groups (broad SMARTS) is 2. The van der Waals surface area contributed by atoms with Gasteiger partial charge in [0.2, 0.25) is 0 Å². The predicted molar refractivity (Wildman–Crippen MR) is 172 cm³/mol. The normalized spacial score (nSPS) is 16.0. The third kappa shape index (κ3) is 41.7. The van der Waals surface area contributed by atoms with Gasteiger partial charge in [-0.1, -0.05) is 155 Å². The van der Waals surface area contributed by atoms with Crippen LogP contribution in [0.4, 0.5) is 0 Å². The van der Waals surface area contributed by atoms with Gasteiger partial charge in [0.05, 0.1) is 0 Å². The van der Waals surface area contributed by atoms with Gasteiger partial charge in [-0.05, 0) is 25.7 Å². The number of aliphatic carboxylic acids is 2. The number of nitrogens with two attached hydrogens (primary N) is 2. The molecule has 0 saturated heterocycles. The molecule has 0 aromatic heterocycles. The molecule has 1 aliphatic rings. The maximum Gasteiger partial charge on any atom is 0.303 e. The summed E-state index contributed by atoms with van der Waals surface area (Å²) < 4.78 is 0. The zero-order valence-electron chi connectivity index (χ0n) is 27.1. The van der Waals surface area contributed by atoms with Crippen LogP contribution in [0.3, 0.4) is 0 Å². The van der Waals surface area contributed by atoms with Crippen LogP contribution in [0.5, 0.6) is 0 Å². The van der Waals surface area contributed by atoms with Gasteiger partial charge in [-0.2, -0.15) is 0 Å². The minimum Gasteiger partial charge on any atom is -0.481 e. The standard InChI is InChI=1S/2C14H28O2.C6H14N2.Pt/c2*1-2-3-4-5-6-7-8-9-10-11-12-13-14(15)16;7-5-3-1-2-4-6(5)8;/h2*2-13H2,1H3,(H,15,16);5-6H,1-4,7-8H2;/t;;5-,6+;. The Labute approximate surface area is 269 Å². The van der Waals surface area contributed by atoms with Crippen LogP contribution in [0.2, 0.25) is 0 Å². The number of carbonyl (C=O) groups is 2. The van der Waals surface area contributed by atoms with Gasteiger partial charge in [0.1, 0.15) is 0 Å². The second kappa shape index (κ2) is 37.6. The molecule has 0 aliphatic heterocycles. The van der Waals surface area contributed by atoms with Crippen molar-refractivity contribution in [1.82, 2.24) is 0 Å².